The molecule has 1 rings (SSSR count). The topological polar surface area (TPSA) is 0 Å². The predicted molar refractivity (Wildman–Crippen MR) is 83.3 cm³/mol. The molecule has 0 bridgehead atoms. The maximum Gasteiger partial charge on any atom is 0.266 e. The van der Waals surface area contributed by atoms with E-state index in [0.717, 1.165) is 10.4 Å². The molecule has 0 aliphatic carbocycles. The van der Waals surface area contributed by atoms with Gasteiger partial charge in [0.1, 0.15) is 0 Å². The Hall–Kier alpha value is 0.554. The van der Waals surface area contributed by atoms with Crippen LogP contribution in [-0.4, -0.2) is 14.8 Å². The normalized spacial score (nSPS) is 10.0. The maximum atomic E-state index is 5.81. The van der Waals surface area contributed by atoms with Gasteiger partial charge in [-0.15, -0.1) is 50.9 Å². The van der Waals surface area contributed by atoms with Crippen molar-refractivity contribution in [2.45, 2.75) is 13.8 Å². The second kappa shape index (κ2) is 8.62. The van der Waals surface area contributed by atoms with Crippen LogP contribution in [0.25, 0.3) is 0 Å². The Balaban J connectivity index is 0.000000325. The van der Waals surface area contributed by atoms with Crippen molar-refractivity contribution in [3.8, 4) is 0 Å². The van der Waals surface area contributed by atoms with Crippen molar-refractivity contribution in [3.63, 3.8) is 0 Å². The van der Waals surface area contributed by atoms with Gasteiger partial charge in [0.2, 0.25) is 0 Å². The molecular formula is C10H14Cl4Si2. The molecule has 0 aliphatic rings. The molecule has 0 nitrogen and oxygen atoms in total. The molecule has 0 atom stereocenters. The van der Waals surface area contributed by atoms with Crippen LogP contribution in [0, 0.1) is 6.92 Å². The van der Waals surface area contributed by atoms with Gasteiger partial charge in [0, 0.05) is 0 Å². The van der Waals surface area contributed by atoms with E-state index in [-0.39, 0.29) is 0 Å². The van der Waals surface area contributed by atoms with Gasteiger partial charge >= 0.3 is 0 Å². The minimum Gasteiger partial charge on any atom is -0.145 e. The van der Waals surface area contributed by atoms with E-state index in [4.69, 9.17) is 44.3 Å². The maximum absolute atomic E-state index is 5.81. The molecule has 1 aromatic rings. The van der Waals surface area contributed by atoms with Crippen LogP contribution in [0.2, 0.25) is 0 Å². The molecule has 0 spiro atoms. The van der Waals surface area contributed by atoms with E-state index in [2.05, 4.69) is 6.58 Å². The van der Waals surface area contributed by atoms with Crippen LogP contribution in [0.3, 0.4) is 0 Å². The van der Waals surface area contributed by atoms with E-state index < -0.39 is 14.8 Å². The summed E-state index contributed by atoms with van der Waals surface area (Å²) in [7, 11) is -3.12. The fraction of sp³-hybridized carbons (Fsp3) is 0.200. The summed E-state index contributed by atoms with van der Waals surface area (Å²) >= 11 is 22.5. The number of hydrogen-bond acceptors (Lipinski definition) is 0. The number of halogens is 4. The number of rotatable bonds is 2. The number of hydrogen-bond donors (Lipinski definition) is 0. The van der Waals surface area contributed by atoms with Gasteiger partial charge < -0.3 is 0 Å². The minimum absolute atomic E-state index is 0.929. The van der Waals surface area contributed by atoms with Gasteiger partial charge in [0.25, 0.3) is 14.8 Å². The lowest BCUT2D eigenvalue weighted by molar-refractivity contribution is 1.52. The lowest BCUT2D eigenvalue weighted by Crippen LogP contribution is -2.20. The Morgan fingerprint density at radius 1 is 1.12 bits per heavy atom. The first-order chi connectivity index (χ1) is 7.36. The Bertz CT molecular complexity index is 339. The highest BCUT2D eigenvalue weighted by Gasteiger charge is 2.06. The van der Waals surface area contributed by atoms with E-state index in [9.17, 15) is 0 Å². The van der Waals surface area contributed by atoms with E-state index in [0.29, 0.717) is 0 Å². The molecule has 6 heteroatoms. The molecule has 0 heterocycles. The first-order valence-electron chi connectivity index (χ1n) is 4.63. The zero-order valence-electron chi connectivity index (χ0n) is 9.18. The standard InChI is InChI=1S/C7H8Cl2Si.C3H6Cl2Si/c1-6-4-2-3-5-7(6)10(8)9;1-3(2)6(4)5/h2-5,10H,1H3;6H,1H2,2H3. The fourth-order valence-corrected chi connectivity index (χ4v) is 3.00. The quantitative estimate of drug-likeness (QED) is 0.572. The van der Waals surface area contributed by atoms with Gasteiger partial charge in [0.05, 0.1) is 0 Å². The third-order valence-corrected chi connectivity index (χ3v) is 7.30. The van der Waals surface area contributed by atoms with Crippen LogP contribution in [0.4, 0.5) is 0 Å². The Morgan fingerprint density at radius 3 is 1.81 bits per heavy atom. The SMILES string of the molecule is C=C(C)[SiH](Cl)Cl.Cc1ccccc1[SiH](Cl)Cl. The Morgan fingerprint density at radius 2 is 1.56 bits per heavy atom. The van der Waals surface area contributed by atoms with Crippen LogP contribution in [0.15, 0.2) is 36.0 Å². The molecule has 0 saturated heterocycles. The summed E-state index contributed by atoms with van der Waals surface area (Å²) in [6.07, 6.45) is 0. The first kappa shape index (κ1) is 16.6. The van der Waals surface area contributed by atoms with Crippen LogP contribution in [0.5, 0.6) is 0 Å². The summed E-state index contributed by atoms with van der Waals surface area (Å²) in [5, 5.41) is 2.06. The summed E-state index contributed by atoms with van der Waals surface area (Å²) in [6.45, 7) is 7.42. The largest absolute Gasteiger partial charge is 0.266 e. The Labute approximate surface area is 119 Å². The molecule has 0 radical (unpaired) electrons. The third-order valence-electron chi connectivity index (χ3n) is 1.80. The molecule has 90 valence electrons. The zero-order valence-corrected chi connectivity index (χ0v) is 14.5. The highest BCUT2D eigenvalue weighted by molar-refractivity contribution is 7.39. The van der Waals surface area contributed by atoms with Crippen LogP contribution < -0.4 is 5.19 Å². The molecule has 0 fully saturated rings. The molecular weight excluding hydrogens is 318 g/mol. The number of allylic oxidation sites excluding steroid dienone is 1. The molecule has 0 saturated carbocycles. The molecule has 0 aliphatic heterocycles. The van der Waals surface area contributed by atoms with E-state index in [1.165, 1.54) is 5.56 Å². The van der Waals surface area contributed by atoms with Gasteiger partial charge in [0.15, 0.2) is 0 Å². The zero-order chi connectivity index (χ0) is 12.7. The summed E-state index contributed by atoms with van der Waals surface area (Å²) < 4.78 is 0. The van der Waals surface area contributed by atoms with Crippen LogP contribution in [-0.2, 0) is 0 Å². The molecule has 0 aromatic heterocycles. The highest BCUT2D eigenvalue weighted by atomic mass is 35.7. The molecule has 0 amide bonds. The van der Waals surface area contributed by atoms with Gasteiger partial charge in [-0.1, -0.05) is 29.5 Å². The lowest BCUT2D eigenvalue weighted by Gasteiger charge is -2.02. The van der Waals surface area contributed by atoms with Gasteiger partial charge in [-0.3, -0.25) is 0 Å². The molecule has 1 aromatic carbocycles. The van der Waals surface area contributed by atoms with E-state index in [1.54, 1.807) is 0 Å². The monoisotopic (exact) mass is 330 g/mol. The average molecular weight is 332 g/mol. The third kappa shape index (κ3) is 6.99. The molecule has 0 unspecified atom stereocenters. The molecule has 0 N–H and O–H groups in total. The smallest absolute Gasteiger partial charge is 0.145 e. The van der Waals surface area contributed by atoms with Gasteiger partial charge in [-0.05, 0) is 24.6 Å². The van der Waals surface area contributed by atoms with E-state index in [1.807, 2.05) is 38.1 Å². The van der Waals surface area contributed by atoms with Crippen molar-refractivity contribution in [3.05, 3.63) is 41.6 Å². The summed E-state index contributed by atoms with van der Waals surface area (Å²) in [4.78, 5) is 0. The van der Waals surface area contributed by atoms with Gasteiger partial charge in [-0.25, -0.2) is 0 Å². The Kier molecular flexibility index (Phi) is 8.91. The van der Waals surface area contributed by atoms with E-state index >= 15 is 0 Å². The summed E-state index contributed by atoms with van der Waals surface area (Å²) in [6, 6.07) is 7.98. The average Bonchev–Trinajstić information content (AvgIpc) is 2.18. The van der Waals surface area contributed by atoms with Crippen molar-refractivity contribution in [1.29, 1.82) is 0 Å². The van der Waals surface area contributed by atoms with Crippen molar-refractivity contribution < 1.29 is 0 Å². The fourth-order valence-electron chi connectivity index (χ4n) is 0.832. The lowest BCUT2D eigenvalue weighted by atomic mass is 10.2. The van der Waals surface area contributed by atoms with Crippen molar-refractivity contribution in [2.24, 2.45) is 0 Å². The van der Waals surface area contributed by atoms with Crippen LogP contribution in [0.1, 0.15) is 12.5 Å². The molecule has 16 heavy (non-hydrogen) atoms. The summed E-state index contributed by atoms with van der Waals surface area (Å²) in [5.74, 6) is 0. The van der Waals surface area contributed by atoms with Crippen LogP contribution >= 0.6 is 44.3 Å². The van der Waals surface area contributed by atoms with Crippen molar-refractivity contribution in [1.82, 2.24) is 0 Å². The summed E-state index contributed by atoms with van der Waals surface area (Å²) in [5.41, 5.74) is 1.20. The predicted octanol–water partition coefficient (Wildman–Crippen LogP) is 3.70. The highest BCUT2D eigenvalue weighted by Crippen LogP contribution is 2.04. The van der Waals surface area contributed by atoms with Crippen molar-refractivity contribution in [2.75, 3.05) is 0 Å². The van der Waals surface area contributed by atoms with Gasteiger partial charge in [-0.2, -0.15) is 0 Å². The second-order valence-electron chi connectivity index (χ2n) is 3.30. The number of benzene rings is 1. The minimum atomic E-state index is -1.62. The number of aryl methyl sites for hydroxylation is 1. The van der Waals surface area contributed by atoms with Crippen molar-refractivity contribution >= 4 is 64.3 Å². The second-order valence-corrected chi connectivity index (χ2v) is 12.7. The first-order valence-corrected chi connectivity index (χ1v) is 12.8.